The molecule has 0 fully saturated rings. The van der Waals surface area contributed by atoms with Gasteiger partial charge in [-0.25, -0.2) is 9.97 Å². The van der Waals surface area contributed by atoms with Crippen LogP contribution in [0.2, 0.25) is 0 Å². The molecule has 1 aromatic heterocycles. The summed E-state index contributed by atoms with van der Waals surface area (Å²) in [5.41, 5.74) is 0. The van der Waals surface area contributed by atoms with Crippen molar-refractivity contribution >= 4 is 27.6 Å². The molecule has 1 aromatic rings. The lowest BCUT2D eigenvalue weighted by Crippen LogP contribution is -2.30. The molecule has 19 heavy (non-hydrogen) atoms. The fourth-order valence-corrected chi connectivity index (χ4v) is 2.33. The van der Waals surface area contributed by atoms with Gasteiger partial charge in [0.05, 0.1) is 6.61 Å². The lowest BCUT2D eigenvalue weighted by atomic mass is 10.3. The maximum Gasteiger partial charge on any atom is 0.148 e. The molecule has 1 rings (SSSR count). The van der Waals surface area contributed by atoms with Crippen molar-refractivity contribution in [1.29, 1.82) is 0 Å². The van der Waals surface area contributed by atoms with Crippen LogP contribution in [0.15, 0.2) is 10.8 Å². The monoisotopic (exact) mass is 332 g/mol. The van der Waals surface area contributed by atoms with Crippen molar-refractivity contribution in [2.75, 3.05) is 57.8 Å². The van der Waals surface area contributed by atoms with Crippen LogP contribution in [0.25, 0.3) is 0 Å². The number of nitrogens with one attached hydrogen (secondary N) is 1. The Labute approximate surface area is 122 Å². The van der Waals surface area contributed by atoms with Crippen molar-refractivity contribution in [2.45, 2.75) is 6.42 Å². The summed E-state index contributed by atoms with van der Waals surface area (Å²) < 4.78 is 11.1. The van der Waals surface area contributed by atoms with E-state index in [0.717, 1.165) is 42.2 Å². The first kappa shape index (κ1) is 16.1. The van der Waals surface area contributed by atoms with E-state index in [2.05, 4.69) is 36.1 Å². The number of rotatable bonds is 9. The maximum absolute atomic E-state index is 5.15. The molecule has 0 radical (unpaired) electrons. The molecule has 0 spiro atoms. The van der Waals surface area contributed by atoms with Gasteiger partial charge >= 0.3 is 0 Å². The summed E-state index contributed by atoms with van der Waals surface area (Å²) in [6.07, 6.45) is 2.49. The molecule has 0 unspecified atom stereocenters. The summed E-state index contributed by atoms with van der Waals surface area (Å²) in [7, 11) is 5.24. The molecular weight excluding hydrogens is 312 g/mol. The Morgan fingerprint density at radius 2 is 1.95 bits per heavy atom. The van der Waals surface area contributed by atoms with E-state index in [9.17, 15) is 0 Å². The molecule has 6 nitrogen and oxygen atoms in total. The average Bonchev–Trinajstić information content (AvgIpc) is 2.43. The molecule has 108 valence electrons. The number of halogens is 1. The topological polar surface area (TPSA) is 59.5 Å². The number of hydrogen-bond acceptors (Lipinski definition) is 6. The zero-order valence-corrected chi connectivity index (χ0v) is 13.2. The van der Waals surface area contributed by atoms with Gasteiger partial charge < -0.3 is 19.7 Å². The van der Waals surface area contributed by atoms with Gasteiger partial charge in [-0.1, -0.05) is 0 Å². The third-order valence-corrected chi connectivity index (χ3v) is 3.38. The third-order valence-electron chi connectivity index (χ3n) is 2.65. The third kappa shape index (κ3) is 4.93. The van der Waals surface area contributed by atoms with E-state index in [1.54, 1.807) is 20.5 Å². The van der Waals surface area contributed by atoms with E-state index in [1.807, 2.05) is 7.05 Å². The van der Waals surface area contributed by atoms with Crippen LogP contribution in [0.4, 0.5) is 11.6 Å². The van der Waals surface area contributed by atoms with Gasteiger partial charge in [0.15, 0.2) is 0 Å². The molecule has 1 N–H and O–H groups in total. The molecule has 0 aliphatic heterocycles. The quantitative estimate of drug-likeness (QED) is 0.695. The van der Waals surface area contributed by atoms with Gasteiger partial charge in [-0.2, -0.15) is 0 Å². The Bertz CT molecular complexity index is 379. The molecule has 0 atom stereocenters. The Balaban J connectivity index is 2.82. The molecule has 0 amide bonds. The fraction of sp³-hybridized carbons (Fsp3) is 0.667. The van der Waals surface area contributed by atoms with Crippen LogP contribution < -0.4 is 10.2 Å². The van der Waals surface area contributed by atoms with Crippen molar-refractivity contribution in [2.24, 2.45) is 0 Å². The second-order valence-electron chi connectivity index (χ2n) is 3.94. The van der Waals surface area contributed by atoms with E-state index >= 15 is 0 Å². The molecule has 0 aliphatic rings. The minimum atomic E-state index is 0.651. The molecule has 0 saturated carbocycles. The first-order valence-corrected chi connectivity index (χ1v) is 6.95. The summed E-state index contributed by atoms with van der Waals surface area (Å²) in [6.45, 7) is 3.01. The van der Waals surface area contributed by atoms with E-state index in [0.29, 0.717) is 6.61 Å². The van der Waals surface area contributed by atoms with Crippen LogP contribution >= 0.6 is 15.9 Å². The first-order valence-electron chi connectivity index (χ1n) is 6.15. The highest BCUT2D eigenvalue weighted by Crippen LogP contribution is 2.29. The summed E-state index contributed by atoms with van der Waals surface area (Å²) in [4.78, 5) is 10.7. The molecule has 0 saturated heterocycles. The first-order chi connectivity index (χ1) is 9.24. The number of nitrogens with zero attached hydrogens (tertiary/aromatic N) is 3. The van der Waals surface area contributed by atoms with Crippen molar-refractivity contribution < 1.29 is 9.47 Å². The lowest BCUT2D eigenvalue weighted by Gasteiger charge is -2.24. The highest BCUT2D eigenvalue weighted by molar-refractivity contribution is 9.10. The van der Waals surface area contributed by atoms with Crippen LogP contribution in [0.3, 0.4) is 0 Å². The minimum Gasteiger partial charge on any atom is -0.385 e. The largest absolute Gasteiger partial charge is 0.385 e. The van der Waals surface area contributed by atoms with Gasteiger partial charge in [0.2, 0.25) is 0 Å². The molecule has 0 aliphatic carbocycles. The Hall–Kier alpha value is -0.920. The molecule has 1 heterocycles. The Morgan fingerprint density at radius 1 is 1.21 bits per heavy atom. The molecule has 0 bridgehead atoms. The van der Waals surface area contributed by atoms with Gasteiger partial charge in [0.25, 0.3) is 0 Å². The van der Waals surface area contributed by atoms with E-state index < -0.39 is 0 Å². The van der Waals surface area contributed by atoms with Gasteiger partial charge in [-0.3, -0.25) is 0 Å². The second kappa shape index (κ2) is 9.06. The zero-order valence-electron chi connectivity index (χ0n) is 11.6. The normalized spacial score (nSPS) is 10.5. The molecule has 7 heteroatoms. The number of methoxy groups -OCH3 is 2. The minimum absolute atomic E-state index is 0.651. The smallest absolute Gasteiger partial charge is 0.148 e. The number of anilines is 2. The van der Waals surface area contributed by atoms with Crippen molar-refractivity contribution in [3.05, 3.63) is 10.8 Å². The predicted molar refractivity (Wildman–Crippen MR) is 79.9 cm³/mol. The molecular formula is C12H21BrN4O2. The highest BCUT2D eigenvalue weighted by Gasteiger charge is 2.14. The SMILES string of the molecule is CNc1ncnc(N(CCCOC)CCOC)c1Br. The van der Waals surface area contributed by atoms with Crippen molar-refractivity contribution in [1.82, 2.24) is 9.97 Å². The van der Waals surface area contributed by atoms with E-state index in [4.69, 9.17) is 9.47 Å². The molecule has 0 aromatic carbocycles. The highest BCUT2D eigenvalue weighted by atomic mass is 79.9. The summed E-state index contributed by atoms with van der Waals surface area (Å²) in [6, 6.07) is 0. The Morgan fingerprint density at radius 3 is 2.58 bits per heavy atom. The Kier molecular flexibility index (Phi) is 7.69. The van der Waals surface area contributed by atoms with Crippen LogP contribution in [0.5, 0.6) is 0 Å². The number of aromatic nitrogens is 2. The predicted octanol–water partition coefficient (Wildman–Crippen LogP) is 1.77. The zero-order chi connectivity index (χ0) is 14.1. The maximum atomic E-state index is 5.15. The van der Waals surface area contributed by atoms with Crippen LogP contribution in [0.1, 0.15) is 6.42 Å². The van der Waals surface area contributed by atoms with Gasteiger partial charge in [0.1, 0.15) is 22.4 Å². The summed E-state index contributed by atoms with van der Waals surface area (Å²) >= 11 is 3.54. The van der Waals surface area contributed by atoms with E-state index in [1.165, 1.54) is 0 Å². The van der Waals surface area contributed by atoms with Gasteiger partial charge in [-0.05, 0) is 22.4 Å². The summed E-state index contributed by atoms with van der Waals surface area (Å²) in [5.74, 6) is 1.65. The summed E-state index contributed by atoms with van der Waals surface area (Å²) in [5, 5.41) is 3.03. The van der Waals surface area contributed by atoms with Gasteiger partial charge in [0, 0.05) is 41.0 Å². The van der Waals surface area contributed by atoms with Crippen molar-refractivity contribution in [3.63, 3.8) is 0 Å². The average molecular weight is 333 g/mol. The van der Waals surface area contributed by atoms with Crippen LogP contribution in [0, 0.1) is 0 Å². The number of ether oxygens (including phenoxy) is 2. The van der Waals surface area contributed by atoms with E-state index in [-0.39, 0.29) is 0 Å². The fourth-order valence-electron chi connectivity index (χ4n) is 1.68. The standard InChI is InChI=1S/C12H21BrN4O2/c1-14-11-10(13)12(16-9-15-11)17(6-8-19-3)5-4-7-18-2/h9H,4-8H2,1-3H3,(H,14,15,16). The number of hydrogen-bond donors (Lipinski definition) is 1. The van der Waals surface area contributed by atoms with Crippen molar-refractivity contribution in [3.8, 4) is 0 Å². The van der Waals surface area contributed by atoms with Crippen LogP contribution in [-0.4, -0.2) is 57.5 Å². The second-order valence-corrected chi connectivity index (χ2v) is 4.73. The van der Waals surface area contributed by atoms with Gasteiger partial charge in [-0.15, -0.1) is 0 Å². The lowest BCUT2D eigenvalue weighted by molar-refractivity contribution is 0.191. The van der Waals surface area contributed by atoms with Crippen LogP contribution in [-0.2, 0) is 9.47 Å².